The first-order valence-electron chi connectivity index (χ1n) is 13.9. The van der Waals surface area contributed by atoms with E-state index in [1.807, 2.05) is 0 Å². The number of hydrogen-bond acceptors (Lipinski definition) is 1. The van der Waals surface area contributed by atoms with Crippen molar-refractivity contribution in [3.05, 3.63) is 0 Å². The Hall–Kier alpha value is 0.210. The van der Waals surface area contributed by atoms with Gasteiger partial charge in [0.15, 0.2) is 0 Å². The molecular weight excluding hydrogens is 388 g/mol. The SMILES string of the molecule is CCCCCCCCCCCC[N+]1(CCCCCCCCCCCC)CCNC1.[Cl-]. The van der Waals surface area contributed by atoms with Gasteiger partial charge in [0.2, 0.25) is 0 Å². The molecule has 0 spiro atoms. The molecule has 1 rings (SSSR count). The predicted molar refractivity (Wildman–Crippen MR) is 131 cm³/mol. The Morgan fingerprint density at radius 3 is 1.13 bits per heavy atom. The minimum Gasteiger partial charge on any atom is -1.00 e. The summed E-state index contributed by atoms with van der Waals surface area (Å²) in [7, 11) is 0. The molecular formula is C27H57ClN2. The second-order valence-corrected chi connectivity index (χ2v) is 10.0. The Kier molecular flexibility index (Phi) is 22.6. The molecule has 2 nitrogen and oxygen atoms in total. The van der Waals surface area contributed by atoms with Crippen molar-refractivity contribution in [3.63, 3.8) is 0 Å². The van der Waals surface area contributed by atoms with E-state index < -0.39 is 0 Å². The predicted octanol–water partition coefficient (Wildman–Crippen LogP) is 5.21. The lowest BCUT2D eigenvalue weighted by Gasteiger charge is -2.33. The number of nitrogens with zero attached hydrogens (tertiary/aromatic N) is 1. The number of hydrogen-bond donors (Lipinski definition) is 1. The lowest BCUT2D eigenvalue weighted by atomic mass is 10.1. The molecule has 0 aromatic carbocycles. The number of unbranched alkanes of at least 4 members (excludes halogenated alkanes) is 18. The van der Waals surface area contributed by atoms with Crippen molar-refractivity contribution < 1.29 is 16.9 Å². The summed E-state index contributed by atoms with van der Waals surface area (Å²) in [6.07, 6.45) is 29.1. The molecule has 0 bridgehead atoms. The fourth-order valence-corrected chi connectivity index (χ4v) is 5.07. The molecule has 30 heavy (non-hydrogen) atoms. The molecule has 0 unspecified atom stereocenters. The van der Waals surface area contributed by atoms with Gasteiger partial charge in [-0.15, -0.1) is 0 Å². The summed E-state index contributed by atoms with van der Waals surface area (Å²) in [6, 6.07) is 0. The summed E-state index contributed by atoms with van der Waals surface area (Å²) in [5.41, 5.74) is 0. The summed E-state index contributed by atoms with van der Waals surface area (Å²) in [6.45, 7) is 11.4. The smallest absolute Gasteiger partial charge is 0.132 e. The van der Waals surface area contributed by atoms with Crippen LogP contribution in [0.3, 0.4) is 0 Å². The van der Waals surface area contributed by atoms with Crippen LogP contribution in [0.1, 0.15) is 142 Å². The van der Waals surface area contributed by atoms with Crippen molar-refractivity contribution in [2.24, 2.45) is 0 Å². The lowest BCUT2D eigenvalue weighted by Crippen LogP contribution is -3.00. The number of rotatable bonds is 22. The lowest BCUT2D eigenvalue weighted by molar-refractivity contribution is -0.917. The topological polar surface area (TPSA) is 12.0 Å². The maximum Gasteiger partial charge on any atom is 0.132 e. The zero-order valence-electron chi connectivity index (χ0n) is 21.0. The molecule has 1 N–H and O–H groups in total. The third-order valence-corrected chi connectivity index (χ3v) is 7.18. The highest BCUT2D eigenvalue weighted by Gasteiger charge is 2.30. The first kappa shape index (κ1) is 30.2. The summed E-state index contributed by atoms with van der Waals surface area (Å²) < 4.78 is 1.38. The van der Waals surface area contributed by atoms with Crippen molar-refractivity contribution in [3.8, 4) is 0 Å². The van der Waals surface area contributed by atoms with E-state index in [2.05, 4.69) is 19.2 Å². The van der Waals surface area contributed by atoms with E-state index in [-0.39, 0.29) is 12.4 Å². The molecule has 0 saturated carbocycles. The molecule has 3 heteroatoms. The monoisotopic (exact) mass is 444 g/mol. The van der Waals surface area contributed by atoms with Gasteiger partial charge in [-0.25, -0.2) is 0 Å². The molecule has 1 fully saturated rings. The quantitative estimate of drug-likeness (QED) is 0.178. The van der Waals surface area contributed by atoms with Gasteiger partial charge in [-0.1, -0.05) is 117 Å². The summed E-state index contributed by atoms with van der Waals surface area (Å²) in [5, 5.41) is 3.66. The molecule has 1 aliphatic heterocycles. The van der Waals surface area contributed by atoms with Crippen LogP contribution in [0.15, 0.2) is 0 Å². The van der Waals surface area contributed by atoms with Crippen molar-refractivity contribution in [1.82, 2.24) is 5.32 Å². The van der Waals surface area contributed by atoms with Crippen LogP contribution in [-0.2, 0) is 0 Å². The molecule has 182 valence electrons. The van der Waals surface area contributed by atoms with Gasteiger partial charge in [0.1, 0.15) is 6.67 Å². The van der Waals surface area contributed by atoms with E-state index in [9.17, 15) is 0 Å². The van der Waals surface area contributed by atoms with Crippen molar-refractivity contribution in [2.75, 3.05) is 32.8 Å². The van der Waals surface area contributed by atoms with Crippen LogP contribution in [-0.4, -0.2) is 37.3 Å². The van der Waals surface area contributed by atoms with E-state index in [4.69, 9.17) is 0 Å². The van der Waals surface area contributed by atoms with Crippen LogP contribution in [0.25, 0.3) is 0 Å². The van der Waals surface area contributed by atoms with Crippen LogP contribution in [0, 0.1) is 0 Å². The fraction of sp³-hybridized carbons (Fsp3) is 1.00. The molecule has 0 radical (unpaired) electrons. The molecule has 0 aliphatic carbocycles. The van der Waals surface area contributed by atoms with E-state index >= 15 is 0 Å². The molecule has 0 atom stereocenters. The average Bonchev–Trinajstić information content (AvgIpc) is 3.20. The highest BCUT2D eigenvalue weighted by Crippen LogP contribution is 2.18. The van der Waals surface area contributed by atoms with Gasteiger partial charge in [-0.05, 0) is 25.7 Å². The van der Waals surface area contributed by atoms with E-state index in [1.54, 1.807) is 0 Å². The summed E-state index contributed by atoms with van der Waals surface area (Å²) in [4.78, 5) is 0. The van der Waals surface area contributed by atoms with Crippen LogP contribution in [0.2, 0.25) is 0 Å². The van der Waals surface area contributed by atoms with Gasteiger partial charge in [0, 0.05) is 6.54 Å². The Bertz CT molecular complexity index is 303. The minimum absolute atomic E-state index is 0. The fourth-order valence-electron chi connectivity index (χ4n) is 5.07. The Morgan fingerprint density at radius 2 is 0.833 bits per heavy atom. The van der Waals surface area contributed by atoms with Crippen LogP contribution >= 0.6 is 0 Å². The number of halogens is 1. The molecule has 0 amide bonds. The second kappa shape index (κ2) is 22.4. The maximum atomic E-state index is 3.66. The maximum absolute atomic E-state index is 3.66. The third kappa shape index (κ3) is 16.8. The first-order valence-corrected chi connectivity index (χ1v) is 13.9. The summed E-state index contributed by atoms with van der Waals surface area (Å²) >= 11 is 0. The largest absolute Gasteiger partial charge is 1.00 e. The molecule has 1 heterocycles. The molecule has 0 aromatic heterocycles. The Balaban J connectivity index is 0.00000841. The van der Waals surface area contributed by atoms with Crippen LogP contribution in [0.4, 0.5) is 0 Å². The first-order chi connectivity index (χ1) is 14.3. The van der Waals surface area contributed by atoms with Gasteiger partial charge >= 0.3 is 0 Å². The van der Waals surface area contributed by atoms with Crippen molar-refractivity contribution in [1.29, 1.82) is 0 Å². The highest BCUT2D eigenvalue weighted by atomic mass is 35.5. The highest BCUT2D eigenvalue weighted by molar-refractivity contribution is 4.57. The number of nitrogens with one attached hydrogen (secondary N) is 1. The van der Waals surface area contributed by atoms with Crippen molar-refractivity contribution >= 4 is 0 Å². The van der Waals surface area contributed by atoms with Gasteiger partial charge in [0.25, 0.3) is 0 Å². The van der Waals surface area contributed by atoms with Crippen molar-refractivity contribution in [2.45, 2.75) is 142 Å². The molecule has 1 saturated heterocycles. The number of quaternary nitrogens is 1. The Labute approximate surface area is 197 Å². The second-order valence-electron chi connectivity index (χ2n) is 10.0. The van der Waals surface area contributed by atoms with Gasteiger partial charge in [0.05, 0.1) is 19.6 Å². The zero-order chi connectivity index (χ0) is 20.9. The molecule has 0 aromatic rings. The Morgan fingerprint density at radius 1 is 0.500 bits per heavy atom. The van der Waals surface area contributed by atoms with E-state index in [1.165, 1.54) is 166 Å². The van der Waals surface area contributed by atoms with E-state index in [0.717, 1.165) is 0 Å². The third-order valence-electron chi connectivity index (χ3n) is 7.18. The van der Waals surface area contributed by atoms with E-state index in [0.29, 0.717) is 0 Å². The van der Waals surface area contributed by atoms with Gasteiger partial charge < -0.3 is 16.9 Å². The average molecular weight is 445 g/mol. The van der Waals surface area contributed by atoms with Crippen LogP contribution in [0.5, 0.6) is 0 Å². The van der Waals surface area contributed by atoms with Crippen LogP contribution < -0.4 is 17.7 Å². The van der Waals surface area contributed by atoms with Gasteiger partial charge in [-0.2, -0.15) is 0 Å². The molecule has 1 aliphatic rings. The minimum atomic E-state index is 0. The normalized spacial score (nSPS) is 15.4. The zero-order valence-corrected chi connectivity index (χ0v) is 21.8. The summed E-state index contributed by atoms with van der Waals surface area (Å²) in [5.74, 6) is 0. The standard InChI is InChI=1S/C27H57N2.ClH/c1-3-5-7-9-11-13-15-17-19-21-24-29(26-23-28-27-29)25-22-20-18-16-14-12-10-8-6-4-2;/h28H,3-27H2,1-2H3;1H/q+1;/p-1. The van der Waals surface area contributed by atoms with Gasteiger partial charge in [-0.3, -0.25) is 5.32 Å².